The molecule has 0 saturated carbocycles. The lowest BCUT2D eigenvalue weighted by atomic mass is 10.2. The van der Waals surface area contributed by atoms with Crippen LogP contribution in [-0.2, 0) is 13.1 Å². The summed E-state index contributed by atoms with van der Waals surface area (Å²) >= 11 is 0. The van der Waals surface area contributed by atoms with Gasteiger partial charge in [0.15, 0.2) is 17.3 Å². The lowest BCUT2D eigenvalue weighted by Gasteiger charge is -2.08. The van der Waals surface area contributed by atoms with Gasteiger partial charge in [0.2, 0.25) is 12.7 Å². The summed E-state index contributed by atoms with van der Waals surface area (Å²) in [7, 11) is 0. The summed E-state index contributed by atoms with van der Waals surface area (Å²) in [5, 5.41) is 14.3. The molecular weight excluding hydrogens is 320 g/mol. The number of pyridine rings is 1. The molecule has 25 heavy (non-hydrogen) atoms. The first-order valence-electron chi connectivity index (χ1n) is 7.82. The third kappa shape index (κ3) is 3.74. The SMILES string of the molecule is c1cc(CNc2nncc(NCc3ccc4c(c3)OCO4)n2)ccn1. The van der Waals surface area contributed by atoms with Gasteiger partial charge in [-0.1, -0.05) is 6.07 Å². The summed E-state index contributed by atoms with van der Waals surface area (Å²) in [5.41, 5.74) is 2.16. The Bertz CT molecular complexity index is 859. The average molecular weight is 336 g/mol. The number of nitrogens with zero attached hydrogens (tertiary/aromatic N) is 4. The molecule has 126 valence electrons. The minimum atomic E-state index is 0.272. The first-order chi connectivity index (χ1) is 12.4. The zero-order valence-electron chi connectivity index (χ0n) is 13.3. The van der Waals surface area contributed by atoms with Crippen molar-refractivity contribution in [1.82, 2.24) is 20.2 Å². The van der Waals surface area contributed by atoms with Crippen molar-refractivity contribution < 1.29 is 9.47 Å². The largest absolute Gasteiger partial charge is 0.454 e. The molecule has 8 nitrogen and oxygen atoms in total. The molecule has 0 fully saturated rings. The second-order valence-corrected chi connectivity index (χ2v) is 5.42. The number of fused-ring (bicyclic) bond motifs is 1. The third-order valence-electron chi connectivity index (χ3n) is 3.67. The van der Waals surface area contributed by atoms with E-state index in [9.17, 15) is 0 Å². The standard InChI is InChI=1S/C17H16N6O2/c1-2-14-15(25-11-24-14)7-13(1)9-19-16-10-21-23-17(22-16)20-8-12-3-5-18-6-4-12/h1-7,10H,8-9,11H2,(H2,19,20,22,23). The van der Waals surface area contributed by atoms with Crippen LogP contribution in [0.25, 0.3) is 0 Å². The number of hydrogen-bond donors (Lipinski definition) is 2. The van der Waals surface area contributed by atoms with Crippen molar-refractivity contribution in [3.05, 3.63) is 60.0 Å². The highest BCUT2D eigenvalue weighted by atomic mass is 16.7. The molecular formula is C17H16N6O2. The maximum Gasteiger partial charge on any atom is 0.244 e. The molecule has 2 N–H and O–H groups in total. The topological polar surface area (TPSA) is 94.1 Å². The minimum Gasteiger partial charge on any atom is -0.454 e. The van der Waals surface area contributed by atoms with Crippen LogP contribution >= 0.6 is 0 Å². The van der Waals surface area contributed by atoms with E-state index < -0.39 is 0 Å². The van der Waals surface area contributed by atoms with Gasteiger partial charge in [-0.3, -0.25) is 4.98 Å². The predicted octanol–water partition coefficient (Wildman–Crippen LogP) is 2.22. The molecule has 3 aromatic rings. The van der Waals surface area contributed by atoms with Crippen LogP contribution in [0.1, 0.15) is 11.1 Å². The fraction of sp³-hybridized carbons (Fsp3) is 0.176. The second kappa shape index (κ2) is 7.00. The molecule has 1 aromatic carbocycles. The molecule has 0 bridgehead atoms. The smallest absolute Gasteiger partial charge is 0.244 e. The van der Waals surface area contributed by atoms with Gasteiger partial charge in [0.05, 0.1) is 6.20 Å². The molecule has 2 aromatic heterocycles. The van der Waals surface area contributed by atoms with Crippen LogP contribution in [0.5, 0.6) is 11.5 Å². The number of hydrogen-bond acceptors (Lipinski definition) is 8. The Morgan fingerprint density at radius 1 is 0.920 bits per heavy atom. The van der Waals surface area contributed by atoms with Crippen molar-refractivity contribution in [1.29, 1.82) is 0 Å². The monoisotopic (exact) mass is 336 g/mol. The molecule has 0 saturated heterocycles. The van der Waals surface area contributed by atoms with Crippen molar-refractivity contribution in [2.45, 2.75) is 13.1 Å². The molecule has 0 unspecified atom stereocenters. The van der Waals surface area contributed by atoms with Crippen LogP contribution in [0.15, 0.2) is 48.9 Å². The third-order valence-corrected chi connectivity index (χ3v) is 3.67. The van der Waals surface area contributed by atoms with Crippen molar-refractivity contribution in [2.75, 3.05) is 17.4 Å². The van der Waals surface area contributed by atoms with Gasteiger partial charge >= 0.3 is 0 Å². The van der Waals surface area contributed by atoms with E-state index >= 15 is 0 Å². The van der Waals surface area contributed by atoms with E-state index in [4.69, 9.17) is 9.47 Å². The summed E-state index contributed by atoms with van der Waals surface area (Å²) in [6.07, 6.45) is 5.09. The lowest BCUT2D eigenvalue weighted by molar-refractivity contribution is 0.174. The highest BCUT2D eigenvalue weighted by Crippen LogP contribution is 2.32. The Morgan fingerprint density at radius 3 is 2.68 bits per heavy atom. The van der Waals surface area contributed by atoms with E-state index in [2.05, 4.69) is 30.8 Å². The zero-order valence-corrected chi connectivity index (χ0v) is 13.3. The summed E-state index contributed by atoms with van der Waals surface area (Å²) in [6.45, 7) is 1.48. The average Bonchev–Trinajstić information content (AvgIpc) is 3.14. The quantitative estimate of drug-likeness (QED) is 0.708. The van der Waals surface area contributed by atoms with Gasteiger partial charge in [0, 0.05) is 25.5 Å². The van der Waals surface area contributed by atoms with Crippen molar-refractivity contribution in [2.24, 2.45) is 0 Å². The Balaban J connectivity index is 1.36. The Kier molecular flexibility index (Phi) is 4.23. The van der Waals surface area contributed by atoms with Crippen LogP contribution in [0.2, 0.25) is 0 Å². The molecule has 8 heteroatoms. The van der Waals surface area contributed by atoms with E-state index in [0.717, 1.165) is 22.6 Å². The number of rotatable bonds is 6. The Hall–Kier alpha value is -3.42. The van der Waals surface area contributed by atoms with Crippen LogP contribution in [-0.4, -0.2) is 27.0 Å². The minimum absolute atomic E-state index is 0.272. The highest BCUT2D eigenvalue weighted by Gasteiger charge is 2.13. The summed E-state index contributed by atoms with van der Waals surface area (Å²) in [4.78, 5) is 8.40. The molecule has 0 aliphatic carbocycles. The fourth-order valence-corrected chi connectivity index (χ4v) is 2.39. The van der Waals surface area contributed by atoms with Gasteiger partial charge < -0.3 is 20.1 Å². The highest BCUT2D eigenvalue weighted by molar-refractivity contribution is 5.46. The van der Waals surface area contributed by atoms with Gasteiger partial charge in [0.25, 0.3) is 0 Å². The summed E-state index contributed by atoms with van der Waals surface area (Å²) in [5.74, 6) is 2.65. The van der Waals surface area contributed by atoms with E-state index in [-0.39, 0.29) is 6.79 Å². The molecule has 3 heterocycles. The van der Waals surface area contributed by atoms with Gasteiger partial charge in [0.1, 0.15) is 0 Å². The van der Waals surface area contributed by atoms with E-state index in [0.29, 0.717) is 24.9 Å². The van der Waals surface area contributed by atoms with Crippen molar-refractivity contribution >= 4 is 11.8 Å². The number of nitrogens with one attached hydrogen (secondary N) is 2. The van der Waals surface area contributed by atoms with Gasteiger partial charge in [-0.05, 0) is 35.4 Å². The summed E-state index contributed by atoms with van der Waals surface area (Å²) in [6, 6.07) is 9.70. The first-order valence-corrected chi connectivity index (χ1v) is 7.82. The predicted molar refractivity (Wildman–Crippen MR) is 91.3 cm³/mol. The van der Waals surface area contributed by atoms with Gasteiger partial charge in [-0.2, -0.15) is 10.1 Å². The number of aromatic nitrogens is 4. The molecule has 0 spiro atoms. The Labute approximate surface area is 144 Å². The van der Waals surface area contributed by atoms with Crippen LogP contribution < -0.4 is 20.1 Å². The number of anilines is 2. The van der Waals surface area contributed by atoms with E-state index in [1.54, 1.807) is 18.6 Å². The van der Waals surface area contributed by atoms with Gasteiger partial charge in [-0.15, -0.1) is 5.10 Å². The number of benzene rings is 1. The maximum absolute atomic E-state index is 5.38. The maximum atomic E-state index is 5.38. The van der Waals surface area contributed by atoms with Crippen molar-refractivity contribution in [3.8, 4) is 11.5 Å². The fourth-order valence-electron chi connectivity index (χ4n) is 2.39. The second-order valence-electron chi connectivity index (χ2n) is 5.42. The Morgan fingerprint density at radius 2 is 1.76 bits per heavy atom. The normalized spacial score (nSPS) is 12.0. The molecule has 1 aliphatic rings. The van der Waals surface area contributed by atoms with Crippen LogP contribution in [0.3, 0.4) is 0 Å². The molecule has 0 amide bonds. The van der Waals surface area contributed by atoms with Crippen molar-refractivity contribution in [3.63, 3.8) is 0 Å². The lowest BCUT2D eigenvalue weighted by Crippen LogP contribution is -2.08. The van der Waals surface area contributed by atoms with Gasteiger partial charge in [-0.25, -0.2) is 0 Å². The van der Waals surface area contributed by atoms with Crippen LogP contribution in [0, 0.1) is 0 Å². The zero-order chi connectivity index (χ0) is 16.9. The van der Waals surface area contributed by atoms with Crippen LogP contribution in [0.4, 0.5) is 11.8 Å². The molecule has 1 aliphatic heterocycles. The molecule has 0 radical (unpaired) electrons. The number of ether oxygens (including phenoxy) is 2. The van der Waals surface area contributed by atoms with E-state index in [1.165, 1.54) is 0 Å². The molecule has 4 rings (SSSR count). The summed E-state index contributed by atoms with van der Waals surface area (Å²) < 4.78 is 10.7. The van der Waals surface area contributed by atoms with E-state index in [1.807, 2.05) is 30.3 Å². The molecule has 0 atom stereocenters. The first kappa shape index (κ1) is 15.1.